The number of hydrogen-bond donors (Lipinski definition) is 1. The lowest BCUT2D eigenvalue weighted by molar-refractivity contribution is 0.0942. The van der Waals surface area contributed by atoms with Gasteiger partial charge < -0.3 is 10.1 Å². The summed E-state index contributed by atoms with van der Waals surface area (Å²) >= 11 is 0. The number of pyridine rings is 1. The van der Waals surface area contributed by atoms with E-state index < -0.39 is 0 Å². The maximum atomic E-state index is 13.5. The maximum Gasteiger partial charge on any atom is 0.270 e. The number of benzene rings is 2. The van der Waals surface area contributed by atoms with Crippen LogP contribution in [-0.2, 0) is 13.6 Å². The van der Waals surface area contributed by atoms with Crippen molar-refractivity contribution in [3.63, 3.8) is 0 Å². The number of aryl methyl sites for hydroxylation is 1. The van der Waals surface area contributed by atoms with E-state index in [0.717, 1.165) is 11.1 Å². The molecule has 7 heteroatoms. The van der Waals surface area contributed by atoms with E-state index in [1.807, 2.05) is 36.4 Å². The zero-order chi connectivity index (χ0) is 21.8. The number of nitrogens with zero attached hydrogens (tertiary/aromatic N) is 3. The Morgan fingerprint density at radius 2 is 1.74 bits per heavy atom. The Labute approximate surface area is 179 Å². The third-order valence-electron chi connectivity index (χ3n) is 4.98. The second-order valence-corrected chi connectivity index (χ2v) is 6.93. The maximum absolute atomic E-state index is 13.5. The molecule has 0 fully saturated rings. The fourth-order valence-electron chi connectivity index (χ4n) is 3.49. The van der Waals surface area contributed by atoms with Gasteiger partial charge in [0.2, 0.25) is 0 Å². The summed E-state index contributed by atoms with van der Waals surface area (Å²) in [7, 11) is 3.31. The molecular weight excluding hydrogens is 395 g/mol. The van der Waals surface area contributed by atoms with Crippen LogP contribution in [0, 0.1) is 5.82 Å². The van der Waals surface area contributed by atoms with Crippen molar-refractivity contribution in [1.82, 2.24) is 20.1 Å². The number of amides is 1. The van der Waals surface area contributed by atoms with Gasteiger partial charge in [0.15, 0.2) is 0 Å². The van der Waals surface area contributed by atoms with Crippen LogP contribution < -0.4 is 10.1 Å². The van der Waals surface area contributed by atoms with Crippen LogP contribution in [0.4, 0.5) is 4.39 Å². The molecule has 0 aliphatic rings. The lowest BCUT2D eigenvalue weighted by Gasteiger charge is -2.11. The Morgan fingerprint density at radius 1 is 1.03 bits per heavy atom. The van der Waals surface area contributed by atoms with Crippen molar-refractivity contribution in [2.75, 3.05) is 7.11 Å². The molecule has 0 aliphatic carbocycles. The summed E-state index contributed by atoms with van der Waals surface area (Å²) in [5, 5.41) is 7.54. The minimum absolute atomic E-state index is 0.277. The van der Waals surface area contributed by atoms with E-state index in [0.29, 0.717) is 34.8 Å². The average Bonchev–Trinajstić information content (AvgIpc) is 3.15. The predicted molar refractivity (Wildman–Crippen MR) is 116 cm³/mol. The molecule has 0 spiro atoms. The highest BCUT2D eigenvalue weighted by molar-refractivity contribution is 6.03. The number of rotatable bonds is 6. The number of carbonyl (C=O) groups excluding carboxylic acids is 1. The Hall–Kier alpha value is -4.00. The standard InChI is InChI=1S/C24H21FN4O2/c1-29-23(24(30)27-15-18-5-3-4-6-20(18)31-2)21(16-11-13-26-14-12-16)22(28-29)17-7-9-19(25)10-8-17/h3-14H,15H2,1-2H3,(H,27,30). The highest BCUT2D eigenvalue weighted by Crippen LogP contribution is 2.34. The molecule has 1 N–H and O–H groups in total. The first-order chi connectivity index (χ1) is 15.1. The lowest BCUT2D eigenvalue weighted by atomic mass is 9.99. The summed E-state index contributed by atoms with van der Waals surface area (Å²) in [5.41, 5.74) is 4.03. The molecular formula is C24H21FN4O2. The third-order valence-corrected chi connectivity index (χ3v) is 4.98. The van der Waals surface area contributed by atoms with Crippen LogP contribution in [0.25, 0.3) is 22.4 Å². The van der Waals surface area contributed by atoms with E-state index >= 15 is 0 Å². The number of aromatic nitrogens is 3. The smallest absolute Gasteiger partial charge is 0.270 e. The molecule has 2 heterocycles. The molecule has 2 aromatic heterocycles. The van der Waals surface area contributed by atoms with E-state index in [9.17, 15) is 9.18 Å². The van der Waals surface area contributed by atoms with E-state index in [1.165, 1.54) is 12.1 Å². The van der Waals surface area contributed by atoms with Gasteiger partial charge >= 0.3 is 0 Å². The minimum atomic E-state index is -0.333. The Bertz CT molecular complexity index is 1200. The van der Waals surface area contributed by atoms with Crippen LogP contribution in [0.5, 0.6) is 5.75 Å². The Kier molecular flexibility index (Phi) is 5.75. The number of carbonyl (C=O) groups is 1. The van der Waals surface area contributed by atoms with E-state index in [2.05, 4.69) is 15.4 Å². The number of para-hydroxylation sites is 1. The third kappa shape index (κ3) is 4.16. The van der Waals surface area contributed by atoms with Crippen molar-refractivity contribution >= 4 is 5.91 Å². The Morgan fingerprint density at radius 3 is 2.45 bits per heavy atom. The molecule has 2 aromatic carbocycles. The quantitative estimate of drug-likeness (QED) is 0.511. The summed E-state index contributed by atoms with van der Waals surface area (Å²) < 4.78 is 20.4. The fraction of sp³-hybridized carbons (Fsp3) is 0.125. The molecule has 0 bridgehead atoms. The SMILES string of the molecule is COc1ccccc1CNC(=O)c1c(-c2ccncc2)c(-c2ccc(F)cc2)nn1C. The van der Waals surface area contributed by atoms with E-state index in [4.69, 9.17) is 4.74 Å². The molecule has 6 nitrogen and oxygen atoms in total. The van der Waals surface area contributed by atoms with Gasteiger partial charge in [-0.25, -0.2) is 4.39 Å². The summed E-state index contributed by atoms with van der Waals surface area (Å²) in [6, 6.07) is 17.2. The molecule has 0 atom stereocenters. The second-order valence-electron chi connectivity index (χ2n) is 6.93. The molecule has 0 radical (unpaired) electrons. The van der Waals surface area contributed by atoms with Crippen LogP contribution in [0.1, 0.15) is 16.1 Å². The highest BCUT2D eigenvalue weighted by Gasteiger charge is 2.24. The first kappa shape index (κ1) is 20.3. The largest absolute Gasteiger partial charge is 0.496 e. The van der Waals surface area contributed by atoms with Crippen LogP contribution >= 0.6 is 0 Å². The van der Waals surface area contributed by atoms with Crippen LogP contribution in [0.3, 0.4) is 0 Å². The van der Waals surface area contributed by atoms with Crippen LogP contribution in [0.15, 0.2) is 73.1 Å². The molecule has 0 unspecified atom stereocenters. The van der Waals surface area contributed by atoms with Crippen molar-refractivity contribution in [2.45, 2.75) is 6.54 Å². The van der Waals surface area contributed by atoms with Gasteiger partial charge in [-0.3, -0.25) is 14.5 Å². The predicted octanol–water partition coefficient (Wildman–Crippen LogP) is 4.23. The number of halogens is 1. The van der Waals surface area contributed by atoms with Gasteiger partial charge in [-0.2, -0.15) is 5.10 Å². The van der Waals surface area contributed by atoms with Crippen molar-refractivity contribution in [1.29, 1.82) is 0 Å². The van der Waals surface area contributed by atoms with Gasteiger partial charge in [0.05, 0.1) is 7.11 Å². The molecule has 0 saturated heterocycles. The van der Waals surface area contributed by atoms with Crippen LogP contribution in [-0.4, -0.2) is 27.8 Å². The van der Waals surface area contributed by atoms with E-state index in [-0.39, 0.29) is 11.7 Å². The monoisotopic (exact) mass is 416 g/mol. The van der Waals surface area contributed by atoms with Crippen LogP contribution in [0.2, 0.25) is 0 Å². The zero-order valence-electron chi connectivity index (χ0n) is 17.2. The van der Waals surface area contributed by atoms with Gasteiger partial charge in [0, 0.05) is 42.7 Å². The molecule has 1 amide bonds. The van der Waals surface area contributed by atoms with Gasteiger partial charge in [0.1, 0.15) is 23.0 Å². The molecule has 4 aromatic rings. The summed E-state index contributed by atoms with van der Waals surface area (Å²) in [6.45, 7) is 0.301. The van der Waals surface area contributed by atoms with Gasteiger partial charge in [0.25, 0.3) is 5.91 Å². The second kappa shape index (κ2) is 8.79. The van der Waals surface area contributed by atoms with E-state index in [1.54, 1.807) is 43.4 Å². The highest BCUT2D eigenvalue weighted by atomic mass is 19.1. The van der Waals surface area contributed by atoms with Crippen molar-refractivity contribution in [3.05, 3.63) is 90.1 Å². The summed E-state index contributed by atoms with van der Waals surface area (Å²) in [6.07, 6.45) is 3.32. The van der Waals surface area contributed by atoms with Crippen molar-refractivity contribution in [2.24, 2.45) is 7.05 Å². The number of methoxy groups -OCH3 is 1. The first-order valence-electron chi connectivity index (χ1n) is 9.72. The van der Waals surface area contributed by atoms with Crippen molar-refractivity contribution < 1.29 is 13.9 Å². The van der Waals surface area contributed by atoms with Gasteiger partial charge in [-0.1, -0.05) is 18.2 Å². The fourth-order valence-corrected chi connectivity index (χ4v) is 3.49. The molecule has 4 rings (SSSR count). The Balaban J connectivity index is 1.74. The summed E-state index contributed by atoms with van der Waals surface area (Å²) in [4.78, 5) is 17.3. The van der Waals surface area contributed by atoms with Crippen molar-refractivity contribution in [3.8, 4) is 28.1 Å². The number of nitrogens with one attached hydrogen (secondary N) is 1. The zero-order valence-corrected chi connectivity index (χ0v) is 17.2. The minimum Gasteiger partial charge on any atom is -0.496 e. The molecule has 156 valence electrons. The number of hydrogen-bond acceptors (Lipinski definition) is 4. The molecule has 31 heavy (non-hydrogen) atoms. The van der Waals surface area contributed by atoms with Gasteiger partial charge in [-0.15, -0.1) is 0 Å². The van der Waals surface area contributed by atoms with Gasteiger partial charge in [-0.05, 0) is 48.0 Å². The lowest BCUT2D eigenvalue weighted by Crippen LogP contribution is -2.26. The average molecular weight is 416 g/mol. The molecule has 0 aliphatic heterocycles. The first-order valence-corrected chi connectivity index (χ1v) is 9.72. The number of ether oxygens (including phenoxy) is 1. The topological polar surface area (TPSA) is 69.0 Å². The molecule has 0 saturated carbocycles. The normalized spacial score (nSPS) is 10.7. The summed E-state index contributed by atoms with van der Waals surface area (Å²) in [5.74, 6) is 0.0927.